The second kappa shape index (κ2) is 6.46. The minimum Gasteiger partial charge on any atom is -0.467 e. The smallest absolute Gasteiger partial charge is 0.329 e. The maximum absolute atomic E-state index is 13.5. The third kappa shape index (κ3) is 2.39. The van der Waals surface area contributed by atoms with E-state index in [0.29, 0.717) is 10.7 Å². The van der Waals surface area contributed by atoms with Gasteiger partial charge in [-0.2, -0.15) is 0 Å². The van der Waals surface area contributed by atoms with Crippen LogP contribution in [0.2, 0.25) is 5.02 Å². The van der Waals surface area contributed by atoms with Crippen LogP contribution in [-0.4, -0.2) is 35.8 Å². The second-order valence-corrected chi connectivity index (χ2v) is 7.73. The Morgan fingerprint density at radius 2 is 1.69 bits per heavy atom. The molecule has 0 N–H and O–H groups in total. The van der Waals surface area contributed by atoms with Crippen molar-refractivity contribution < 1.29 is 19.1 Å². The number of methoxy groups -OCH3 is 1. The number of anilines is 1. The highest BCUT2D eigenvalue weighted by atomic mass is 35.5. The van der Waals surface area contributed by atoms with Crippen LogP contribution in [0.5, 0.6) is 0 Å². The summed E-state index contributed by atoms with van der Waals surface area (Å²) < 4.78 is 5.00. The van der Waals surface area contributed by atoms with E-state index in [0.717, 1.165) is 16.0 Å². The van der Waals surface area contributed by atoms with E-state index in [2.05, 4.69) is 0 Å². The topological polar surface area (TPSA) is 66.9 Å². The quantitative estimate of drug-likeness (QED) is 0.564. The molecule has 2 saturated heterocycles. The molecular weight excluding hydrogens is 392 g/mol. The van der Waals surface area contributed by atoms with Crippen molar-refractivity contribution in [3.63, 3.8) is 0 Å². The second-order valence-electron chi connectivity index (χ2n) is 7.32. The van der Waals surface area contributed by atoms with Crippen LogP contribution in [0.3, 0.4) is 0 Å². The summed E-state index contributed by atoms with van der Waals surface area (Å²) in [4.78, 5) is 42.5. The number of amides is 2. The van der Waals surface area contributed by atoms with Gasteiger partial charge in [0, 0.05) is 6.20 Å². The van der Waals surface area contributed by atoms with Crippen LogP contribution in [0.1, 0.15) is 17.2 Å². The zero-order valence-corrected chi connectivity index (χ0v) is 16.2. The van der Waals surface area contributed by atoms with E-state index in [1.54, 1.807) is 35.4 Å². The van der Waals surface area contributed by atoms with E-state index < -0.39 is 35.8 Å². The number of imide groups is 1. The summed E-state index contributed by atoms with van der Waals surface area (Å²) in [5.74, 6) is -2.85. The van der Waals surface area contributed by atoms with Crippen molar-refractivity contribution in [1.29, 1.82) is 0 Å². The molecule has 3 heterocycles. The Kier molecular flexibility index (Phi) is 3.99. The highest BCUT2D eigenvalue weighted by Crippen LogP contribution is 2.53. The van der Waals surface area contributed by atoms with Crippen molar-refractivity contribution in [2.24, 2.45) is 11.8 Å². The van der Waals surface area contributed by atoms with Gasteiger partial charge in [0.15, 0.2) is 0 Å². The fraction of sp³-hybridized carbons (Fsp3) is 0.227. The lowest BCUT2D eigenvalue weighted by Crippen LogP contribution is -2.44. The van der Waals surface area contributed by atoms with Gasteiger partial charge in [-0.3, -0.25) is 9.59 Å². The number of esters is 1. The molecule has 0 saturated carbocycles. The molecule has 6 nitrogen and oxygen atoms in total. The average Bonchev–Trinajstić information content (AvgIpc) is 3.21. The lowest BCUT2D eigenvalue weighted by Gasteiger charge is -2.34. The van der Waals surface area contributed by atoms with Crippen LogP contribution in [0.25, 0.3) is 6.08 Å². The lowest BCUT2D eigenvalue weighted by atomic mass is 9.84. The number of halogens is 1. The van der Waals surface area contributed by atoms with Gasteiger partial charge >= 0.3 is 5.97 Å². The SMILES string of the molecule is COC(=O)C1C2C(=O)N(c3ccccc3Cl)C(=O)C2C2c3ccccc3C=CN12. The van der Waals surface area contributed by atoms with Crippen molar-refractivity contribution in [2.45, 2.75) is 12.1 Å². The van der Waals surface area contributed by atoms with Crippen molar-refractivity contribution in [1.82, 2.24) is 4.90 Å². The lowest BCUT2D eigenvalue weighted by molar-refractivity contribution is -0.148. The molecule has 0 bridgehead atoms. The summed E-state index contributed by atoms with van der Waals surface area (Å²) in [5.41, 5.74) is 2.22. The predicted molar refractivity (Wildman–Crippen MR) is 107 cm³/mol. The standard InChI is InChI=1S/C22H17ClN2O4/c1-29-22(28)19-17-16(18-13-7-3-2-6-12(13)10-11-24(18)19)20(26)25(21(17)27)15-9-5-4-8-14(15)23/h2-11,16-19H,1H3. The minimum atomic E-state index is -0.872. The Labute approximate surface area is 172 Å². The first kappa shape index (κ1) is 17.9. The molecule has 0 spiro atoms. The number of ether oxygens (including phenoxy) is 1. The highest BCUT2D eigenvalue weighted by Gasteiger charge is 2.65. The Hall–Kier alpha value is -3.12. The molecule has 2 fully saturated rings. The summed E-state index contributed by atoms with van der Waals surface area (Å²) in [7, 11) is 1.29. The zero-order valence-electron chi connectivity index (χ0n) is 15.5. The molecule has 146 valence electrons. The van der Waals surface area contributed by atoms with Crippen LogP contribution in [0.4, 0.5) is 5.69 Å². The van der Waals surface area contributed by atoms with E-state index in [1.807, 2.05) is 30.3 Å². The summed E-state index contributed by atoms with van der Waals surface area (Å²) in [5, 5.41) is 0.310. The number of nitrogens with zero attached hydrogens (tertiary/aromatic N) is 2. The minimum absolute atomic E-state index is 0.310. The van der Waals surface area contributed by atoms with E-state index in [4.69, 9.17) is 16.3 Å². The van der Waals surface area contributed by atoms with Crippen LogP contribution in [0.15, 0.2) is 54.7 Å². The van der Waals surface area contributed by atoms with Crippen LogP contribution in [-0.2, 0) is 19.1 Å². The Balaban J connectivity index is 1.67. The number of rotatable bonds is 2. The van der Waals surface area contributed by atoms with E-state index in [9.17, 15) is 14.4 Å². The largest absolute Gasteiger partial charge is 0.467 e. The van der Waals surface area contributed by atoms with E-state index in [1.165, 1.54) is 7.11 Å². The molecule has 3 aliphatic rings. The third-order valence-corrected chi connectivity index (χ3v) is 6.32. The maximum Gasteiger partial charge on any atom is 0.329 e. The molecule has 0 aromatic heterocycles. The molecular formula is C22H17ClN2O4. The van der Waals surface area contributed by atoms with Crippen molar-refractivity contribution in [3.05, 3.63) is 70.9 Å². The van der Waals surface area contributed by atoms with Gasteiger partial charge in [-0.25, -0.2) is 9.69 Å². The zero-order chi connectivity index (χ0) is 20.3. The van der Waals surface area contributed by atoms with Gasteiger partial charge in [0.05, 0.1) is 35.7 Å². The number of hydrogen-bond donors (Lipinski definition) is 0. The number of fused-ring (bicyclic) bond motifs is 5. The molecule has 2 aromatic carbocycles. The van der Waals surface area contributed by atoms with Crippen molar-refractivity contribution in [3.8, 4) is 0 Å². The monoisotopic (exact) mass is 408 g/mol. The first-order valence-corrected chi connectivity index (χ1v) is 9.67. The molecule has 3 aliphatic heterocycles. The average molecular weight is 409 g/mol. The number of carbonyl (C=O) groups is 3. The Morgan fingerprint density at radius 3 is 2.45 bits per heavy atom. The molecule has 29 heavy (non-hydrogen) atoms. The van der Waals surface area contributed by atoms with Crippen LogP contribution >= 0.6 is 11.6 Å². The molecule has 0 radical (unpaired) electrons. The summed E-state index contributed by atoms with van der Waals surface area (Å²) in [6.07, 6.45) is 3.68. The highest BCUT2D eigenvalue weighted by molar-refractivity contribution is 6.36. The van der Waals surface area contributed by atoms with E-state index >= 15 is 0 Å². The van der Waals surface area contributed by atoms with E-state index in [-0.39, 0.29) is 5.91 Å². The molecule has 0 aliphatic carbocycles. The van der Waals surface area contributed by atoms with Crippen molar-refractivity contribution in [2.75, 3.05) is 12.0 Å². The van der Waals surface area contributed by atoms with Gasteiger partial charge in [-0.05, 0) is 29.3 Å². The summed E-state index contributed by atoms with van der Waals surface area (Å²) in [6, 6.07) is 13.1. The predicted octanol–water partition coefficient (Wildman–Crippen LogP) is 3.03. The van der Waals surface area contributed by atoms with Gasteiger partial charge in [0.2, 0.25) is 11.8 Å². The first-order valence-electron chi connectivity index (χ1n) is 9.29. The molecule has 7 heteroatoms. The normalized spacial score (nSPS) is 27.0. The fourth-order valence-electron chi connectivity index (χ4n) is 4.82. The molecule has 5 rings (SSSR count). The summed E-state index contributed by atoms with van der Waals surface area (Å²) >= 11 is 6.28. The Bertz CT molecular complexity index is 1080. The van der Waals surface area contributed by atoms with Gasteiger partial charge in [-0.1, -0.05) is 48.0 Å². The van der Waals surface area contributed by atoms with Gasteiger partial charge in [0.1, 0.15) is 6.04 Å². The van der Waals surface area contributed by atoms with Crippen LogP contribution in [0, 0.1) is 11.8 Å². The van der Waals surface area contributed by atoms with Gasteiger partial charge in [-0.15, -0.1) is 0 Å². The maximum atomic E-state index is 13.5. The van der Waals surface area contributed by atoms with Gasteiger partial charge < -0.3 is 9.64 Å². The fourth-order valence-corrected chi connectivity index (χ4v) is 5.04. The number of benzene rings is 2. The van der Waals surface area contributed by atoms with Crippen LogP contribution < -0.4 is 4.90 Å². The summed E-state index contributed by atoms with van der Waals surface area (Å²) in [6.45, 7) is 0. The first-order chi connectivity index (χ1) is 14.0. The molecule has 4 unspecified atom stereocenters. The Morgan fingerprint density at radius 1 is 1.00 bits per heavy atom. The molecule has 2 aromatic rings. The van der Waals surface area contributed by atoms with Gasteiger partial charge in [0.25, 0.3) is 0 Å². The van der Waals surface area contributed by atoms with Crippen molar-refractivity contribution >= 4 is 41.1 Å². The number of para-hydroxylation sites is 1. The molecule has 2 amide bonds. The third-order valence-electron chi connectivity index (χ3n) is 6.00. The number of carbonyl (C=O) groups excluding carboxylic acids is 3. The number of hydrogen-bond acceptors (Lipinski definition) is 5. The molecule has 4 atom stereocenters.